The molecule has 0 saturated heterocycles. The molecule has 0 radical (unpaired) electrons. The fourth-order valence-corrected chi connectivity index (χ4v) is 1.53. The molecule has 0 aliphatic carbocycles. The van der Waals surface area contributed by atoms with E-state index in [-0.39, 0.29) is 0 Å². The number of nitrogens with zero attached hydrogens (tertiary/aromatic N) is 1. The van der Waals surface area contributed by atoms with E-state index in [4.69, 9.17) is 0 Å². The number of alkyl halides is 3. The fourth-order valence-electron chi connectivity index (χ4n) is 0.833. The van der Waals surface area contributed by atoms with Gasteiger partial charge in [0.25, 0.3) is 10.0 Å². The predicted molar refractivity (Wildman–Crippen MR) is 40.6 cm³/mol. The van der Waals surface area contributed by atoms with Crippen molar-refractivity contribution in [1.29, 1.82) is 0 Å². The van der Waals surface area contributed by atoms with Crippen LogP contribution in [0.4, 0.5) is 13.2 Å². The van der Waals surface area contributed by atoms with Gasteiger partial charge in [-0.1, -0.05) is 0 Å². The topological polar surface area (TPSA) is 73.1 Å². The molecule has 1 heterocycles. The molecule has 0 fully saturated rings. The molecule has 78 valence electrons. The Morgan fingerprint density at radius 2 is 1.93 bits per heavy atom. The van der Waals surface area contributed by atoms with Crippen LogP contribution in [0.15, 0.2) is 23.4 Å². The fraction of sp³-hybridized carbons (Fsp3) is 0.167. The standard InChI is InChI=1S/C6H5F3N2O2S/c7-6(8,9)4-2-1-3-11-5(4)14(10,12)13/h1-3H,(H2,10,12,13). The second kappa shape index (κ2) is 3.21. The SMILES string of the molecule is NS(=O)(=O)c1ncccc1C(F)(F)F. The van der Waals surface area contributed by atoms with Crippen molar-refractivity contribution in [2.45, 2.75) is 11.2 Å². The Bertz CT molecular complexity index is 441. The number of rotatable bonds is 1. The highest BCUT2D eigenvalue weighted by molar-refractivity contribution is 7.89. The maximum Gasteiger partial charge on any atom is 0.419 e. The molecule has 0 saturated carbocycles. The van der Waals surface area contributed by atoms with Gasteiger partial charge in [0.15, 0.2) is 5.03 Å². The van der Waals surface area contributed by atoms with Gasteiger partial charge < -0.3 is 0 Å². The number of hydrogen-bond acceptors (Lipinski definition) is 3. The highest BCUT2D eigenvalue weighted by Crippen LogP contribution is 2.32. The third kappa shape index (κ3) is 2.20. The normalized spacial score (nSPS) is 12.9. The van der Waals surface area contributed by atoms with Crippen LogP contribution < -0.4 is 5.14 Å². The highest BCUT2D eigenvalue weighted by atomic mass is 32.2. The number of hydrogen-bond donors (Lipinski definition) is 1. The number of nitrogens with two attached hydrogens (primary N) is 1. The lowest BCUT2D eigenvalue weighted by Crippen LogP contribution is -2.20. The van der Waals surface area contributed by atoms with Crippen LogP contribution >= 0.6 is 0 Å². The molecule has 2 N–H and O–H groups in total. The van der Waals surface area contributed by atoms with Gasteiger partial charge in [0.05, 0.1) is 5.56 Å². The zero-order chi connectivity index (χ0) is 11.0. The van der Waals surface area contributed by atoms with Crippen molar-refractivity contribution < 1.29 is 21.6 Å². The van der Waals surface area contributed by atoms with E-state index in [0.717, 1.165) is 12.3 Å². The largest absolute Gasteiger partial charge is 0.419 e. The first-order chi connectivity index (χ1) is 6.23. The Morgan fingerprint density at radius 1 is 1.36 bits per heavy atom. The molecule has 0 aliphatic heterocycles. The summed E-state index contributed by atoms with van der Waals surface area (Å²) in [6.07, 6.45) is -3.86. The van der Waals surface area contributed by atoms with Gasteiger partial charge in [-0.05, 0) is 12.1 Å². The highest BCUT2D eigenvalue weighted by Gasteiger charge is 2.36. The van der Waals surface area contributed by atoms with Gasteiger partial charge >= 0.3 is 6.18 Å². The van der Waals surface area contributed by atoms with Crippen LogP contribution in [-0.4, -0.2) is 13.4 Å². The van der Waals surface area contributed by atoms with Crippen LogP contribution in [0.2, 0.25) is 0 Å². The Morgan fingerprint density at radius 3 is 2.29 bits per heavy atom. The van der Waals surface area contributed by atoms with Crippen LogP contribution in [0.25, 0.3) is 0 Å². The van der Waals surface area contributed by atoms with E-state index < -0.39 is 26.8 Å². The Hall–Kier alpha value is -1.15. The van der Waals surface area contributed by atoms with Crippen LogP contribution in [0, 0.1) is 0 Å². The first-order valence-electron chi connectivity index (χ1n) is 3.28. The molecule has 1 rings (SSSR count). The minimum atomic E-state index is -4.78. The van der Waals surface area contributed by atoms with Crippen LogP contribution in [0.3, 0.4) is 0 Å². The Labute approximate surface area is 77.6 Å². The van der Waals surface area contributed by atoms with E-state index >= 15 is 0 Å². The van der Waals surface area contributed by atoms with Crippen molar-refractivity contribution >= 4 is 10.0 Å². The lowest BCUT2D eigenvalue weighted by Gasteiger charge is -2.09. The van der Waals surface area contributed by atoms with Crippen LogP contribution in [0.1, 0.15) is 5.56 Å². The van der Waals surface area contributed by atoms with Gasteiger partial charge in [0.1, 0.15) is 0 Å². The van der Waals surface area contributed by atoms with Gasteiger partial charge in [-0.3, -0.25) is 0 Å². The predicted octanol–water partition coefficient (Wildman–Crippen LogP) is 0.748. The molecule has 4 nitrogen and oxygen atoms in total. The van der Waals surface area contributed by atoms with E-state index in [2.05, 4.69) is 10.1 Å². The number of sulfonamides is 1. The van der Waals surface area contributed by atoms with Crippen molar-refractivity contribution in [2.75, 3.05) is 0 Å². The lowest BCUT2D eigenvalue weighted by atomic mass is 10.3. The van der Waals surface area contributed by atoms with Crippen molar-refractivity contribution in [1.82, 2.24) is 4.98 Å². The average molecular weight is 226 g/mol. The van der Waals surface area contributed by atoms with E-state index in [1.807, 2.05) is 0 Å². The van der Waals surface area contributed by atoms with Crippen LogP contribution in [0.5, 0.6) is 0 Å². The molecule has 0 spiro atoms. The maximum atomic E-state index is 12.2. The van der Waals surface area contributed by atoms with Crippen molar-refractivity contribution in [3.8, 4) is 0 Å². The summed E-state index contributed by atoms with van der Waals surface area (Å²) in [5.74, 6) is 0. The molecule has 0 aliphatic rings. The zero-order valence-corrected chi connectivity index (χ0v) is 7.43. The quantitative estimate of drug-likeness (QED) is 0.767. The van der Waals surface area contributed by atoms with Gasteiger partial charge in [-0.25, -0.2) is 18.5 Å². The summed E-state index contributed by atoms with van der Waals surface area (Å²) < 4.78 is 58.1. The van der Waals surface area contributed by atoms with Crippen molar-refractivity contribution in [3.63, 3.8) is 0 Å². The molecule has 14 heavy (non-hydrogen) atoms. The molecule has 0 amide bonds. The summed E-state index contributed by atoms with van der Waals surface area (Å²) >= 11 is 0. The average Bonchev–Trinajstić information content (AvgIpc) is 2.01. The molecule has 0 aromatic carbocycles. The molecule has 0 unspecified atom stereocenters. The summed E-state index contributed by atoms with van der Waals surface area (Å²) in [5, 5.41) is 3.40. The third-order valence-corrected chi connectivity index (χ3v) is 2.21. The van der Waals surface area contributed by atoms with Gasteiger partial charge in [0, 0.05) is 6.20 Å². The van der Waals surface area contributed by atoms with E-state index in [9.17, 15) is 21.6 Å². The number of halogens is 3. The van der Waals surface area contributed by atoms with Crippen molar-refractivity contribution in [3.05, 3.63) is 23.9 Å². The van der Waals surface area contributed by atoms with Crippen molar-refractivity contribution in [2.24, 2.45) is 5.14 Å². The number of aromatic nitrogens is 1. The summed E-state index contributed by atoms with van der Waals surface area (Å²) in [6, 6.07) is 1.59. The first-order valence-corrected chi connectivity index (χ1v) is 4.82. The lowest BCUT2D eigenvalue weighted by molar-refractivity contribution is -0.140. The molecular weight excluding hydrogens is 221 g/mol. The number of pyridine rings is 1. The maximum absolute atomic E-state index is 12.2. The molecule has 1 aromatic rings. The second-order valence-corrected chi connectivity index (χ2v) is 3.88. The summed E-state index contributed by atoms with van der Waals surface area (Å²) in [7, 11) is -4.45. The molecule has 0 bridgehead atoms. The van der Waals surface area contributed by atoms with Gasteiger partial charge in [-0.2, -0.15) is 13.2 Å². The summed E-state index contributed by atoms with van der Waals surface area (Å²) in [5.41, 5.74) is -1.36. The molecule has 8 heteroatoms. The molecule has 1 aromatic heterocycles. The first kappa shape index (κ1) is 10.9. The molecule has 0 atom stereocenters. The monoisotopic (exact) mass is 226 g/mol. The summed E-state index contributed by atoms with van der Waals surface area (Å²) in [6.45, 7) is 0. The van der Waals surface area contributed by atoms with E-state index in [1.54, 1.807) is 0 Å². The van der Waals surface area contributed by atoms with Gasteiger partial charge in [0.2, 0.25) is 0 Å². The molecular formula is C6H5F3N2O2S. The second-order valence-electron chi connectivity index (χ2n) is 2.40. The zero-order valence-electron chi connectivity index (χ0n) is 6.62. The minimum absolute atomic E-state index is 0.604. The summed E-state index contributed by atoms with van der Waals surface area (Å²) in [4.78, 5) is 3.08. The van der Waals surface area contributed by atoms with E-state index in [0.29, 0.717) is 6.07 Å². The van der Waals surface area contributed by atoms with Crippen LogP contribution in [-0.2, 0) is 16.2 Å². The van der Waals surface area contributed by atoms with E-state index in [1.165, 1.54) is 0 Å². The van der Waals surface area contributed by atoms with Gasteiger partial charge in [-0.15, -0.1) is 0 Å². The minimum Gasteiger partial charge on any atom is -0.243 e. The number of primary sulfonamides is 1. The third-order valence-electron chi connectivity index (χ3n) is 1.35. The Kier molecular flexibility index (Phi) is 2.50. The Balaban J connectivity index is 3.47. The smallest absolute Gasteiger partial charge is 0.243 e.